The Bertz CT molecular complexity index is 817. The van der Waals surface area contributed by atoms with Gasteiger partial charge in [-0.1, -0.05) is 36.4 Å². The summed E-state index contributed by atoms with van der Waals surface area (Å²) in [5.74, 6) is 0.851. The molecule has 4 nitrogen and oxygen atoms in total. The summed E-state index contributed by atoms with van der Waals surface area (Å²) in [6.07, 6.45) is 1.74. The first-order chi connectivity index (χ1) is 11.7. The predicted octanol–water partition coefficient (Wildman–Crippen LogP) is 4.62. The minimum Gasteiger partial charge on any atom is -0.351 e. The summed E-state index contributed by atoms with van der Waals surface area (Å²) in [5.41, 5.74) is 2.54. The van der Waals surface area contributed by atoms with Crippen LogP contribution in [0.25, 0.3) is 11.3 Å². The predicted molar refractivity (Wildman–Crippen MR) is 95.8 cm³/mol. The molecule has 1 aromatic heterocycles. The van der Waals surface area contributed by atoms with Gasteiger partial charge >= 0.3 is 0 Å². The highest BCUT2D eigenvalue weighted by Gasteiger charge is 2.07. The van der Waals surface area contributed by atoms with Crippen LogP contribution in [0.5, 0.6) is 0 Å². The molecule has 3 aromatic rings. The van der Waals surface area contributed by atoms with Crippen LogP contribution in [0.3, 0.4) is 0 Å². The standard InChI is InChI=1S/C19H17FN4/c1-2-12-21-19-23-17(14-6-4-3-5-7-14)13-18(24-19)22-16-10-8-15(20)9-11-16/h2-11,13H,1,12H2,(H2,21,22,23,24). The lowest BCUT2D eigenvalue weighted by molar-refractivity contribution is 0.628. The summed E-state index contributed by atoms with van der Waals surface area (Å²) < 4.78 is 13.0. The third kappa shape index (κ3) is 3.95. The molecule has 24 heavy (non-hydrogen) atoms. The molecular weight excluding hydrogens is 303 g/mol. The lowest BCUT2D eigenvalue weighted by atomic mass is 10.1. The molecule has 0 atom stereocenters. The van der Waals surface area contributed by atoms with E-state index in [1.54, 1.807) is 18.2 Å². The number of benzene rings is 2. The molecular formula is C19H17FN4. The van der Waals surface area contributed by atoms with Gasteiger partial charge in [0, 0.05) is 23.9 Å². The van der Waals surface area contributed by atoms with Gasteiger partial charge in [0.1, 0.15) is 11.6 Å². The van der Waals surface area contributed by atoms with Crippen LogP contribution in [0.2, 0.25) is 0 Å². The lowest BCUT2D eigenvalue weighted by Crippen LogP contribution is -2.06. The van der Waals surface area contributed by atoms with E-state index in [2.05, 4.69) is 27.2 Å². The molecule has 0 aliphatic heterocycles. The number of hydrogen-bond acceptors (Lipinski definition) is 4. The molecule has 0 aliphatic rings. The number of nitrogens with one attached hydrogen (secondary N) is 2. The minimum absolute atomic E-state index is 0.276. The summed E-state index contributed by atoms with van der Waals surface area (Å²) in [4.78, 5) is 8.97. The van der Waals surface area contributed by atoms with E-state index < -0.39 is 0 Å². The van der Waals surface area contributed by atoms with Crippen molar-refractivity contribution in [2.24, 2.45) is 0 Å². The second-order valence-electron chi connectivity index (χ2n) is 5.13. The largest absolute Gasteiger partial charge is 0.351 e. The zero-order valence-corrected chi connectivity index (χ0v) is 13.0. The molecule has 3 rings (SSSR count). The number of rotatable bonds is 6. The minimum atomic E-state index is -0.276. The highest BCUT2D eigenvalue weighted by atomic mass is 19.1. The highest BCUT2D eigenvalue weighted by molar-refractivity contribution is 5.67. The molecule has 2 N–H and O–H groups in total. The number of anilines is 3. The summed E-state index contributed by atoms with van der Waals surface area (Å²) in [5, 5.41) is 6.27. The number of aromatic nitrogens is 2. The van der Waals surface area contributed by atoms with Gasteiger partial charge in [-0.05, 0) is 24.3 Å². The van der Waals surface area contributed by atoms with Gasteiger partial charge in [0.25, 0.3) is 0 Å². The third-order valence-corrected chi connectivity index (χ3v) is 3.32. The fourth-order valence-electron chi connectivity index (χ4n) is 2.19. The van der Waals surface area contributed by atoms with Gasteiger partial charge < -0.3 is 10.6 Å². The van der Waals surface area contributed by atoms with Crippen LogP contribution in [-0.2, 0) is 0 Å². The van der Waals surface area contributed by atoms with Gasteiger partial charge in [0.05, 0.1) is 5.69 Å². The summed E-state index contributed by atoms with van der Waals surface area (Å²) in [6, 6.07) is 17.8. The van der Waals surface area contributed by atoms with E-state index in [0.29, 0.717) is 18.3 Å². The van der Waals surface area contributed by atoms with E-state index in [1.807, 2.05) is 36.4 Å². The van der Waals surface area contributed by atoms with Crippen molar-refractivity contribution in [1.29, 1.82) is 0 Å². The summed E-state index contributed by atoms with van der Waals surface area (Å²) in [6.45, 7) is 4.25. The third-order valence-electron chi connectivity index (χ3n) is 3.32. The molecule has 0 saturated carbocycles. The Morgan fingerprint density at radius 1 is 1.00 bits per heavy atom. The Kier molecular flexibility index (Phi) is 4.81. The summed E-state index contributed by atoms with van der Waals surface area (Å²) >= 11 is 0. The molecule has 0 aliphatic carbocycles. The van der Waals surface area contributed by atoms with Crippen molar-refractivity contribution in [2.75, 3.05) is 17.2 Å². The summed E-state index contributed by atoms with van der Waals surface area (Å²) in [7, 11) is 0. The molecule has 0 spiro atoms. The van der Waals surface area contributed by atoms with Crippen molar-refractivity contribution in [2.45, 2.75) is 0 Å². The average molecular weight is 320 g/mol. The highest BCUT2D eigenvalue weighted by Crippen LogP contribution is 2.23. The van der Waals surface area contributed by atoms with Gasteiger partial charge in [-0.15, -0.1) is 6.58 Å². The first-order valence-corrected chi connectivity index (χ1v) is 7.56. The van der Waals surface area contributed by atoms with Crippen molar-refractivity contribution in [3.05, 3.63) is 79.1 Å². The SMILES string of the molecule is C=CCNc1nc(Nc2ccc(F)cc2)cc(-c2ccccc2)n1. The molecule has 0 radical (unpaired) electrons. The van der Waals surface area contributed by atoms with E-state index >= 15 is 0 Å². The Hall–Kier alpha value is -3.21. The van der Waals surface area contributed by atoms with Gasteiger partial charge in [-0.3, -0.25) is 0 Å². The maximum atomic E-state index is 13.0. The second-order valence-corrected chi connectivity index (χ2v) is 5.13. The maximum absolute atomic E-state index is 13.0. The zero-order chi connectivity index (χ0) is 16.8. The van der Waals surface area contributed by atoms with Gasteiger partial charge in [-0.25, -0.2) is 9.37 Å². The van der Waals surface area contributed by atoms with Gasteiger partial charge in [0.2, 0.25) is 5.95 Å². The van der Waals surface area contributed by atoms with Crippen LogP contribution in [0.4, 0.5) is 21.8 Å². The maximum Gasteiger partial charge on any atom is 0.225 e. The van der Waals surface area contributed by atoms with Crippen LogP contribution < -0.4 is 10.6 Å². The van der Waals surface area contributed by atoms with Gasteiger partial charge in [0.15, 0.2) is 0 Å². The molecule has 5 heteroatoms. The quantitative estimate of drug-likeness (QED) is 0.650. The van der Waals surface area contributed by atoms with E-state index in [9.17, 15) is 4.39 Å². The van der Waals surface area contributed by atoms with Crippen molar-refractivity contribution < 1.29 is 4.39 Å². The van der Waals surface area contributed by atoms with Crippen LogP contribution in [0.15, 0.2) is 73.3 Å². The molecule has 1 heterocycles. The average Bonchev–Trinajstić information content (AvgIpc) is 2.62. The first-order valence-electron chi connectivity index (χ1n) is 7.56. The Labute approximate surface area is 140 Å². The topological polar surface area (TPSA) is 49.8 Å². The lowest BCUT2D eigenvalue weighted by Gasteiger charge is -2.11. The second kappa shape index (κ2) is 7.37. The van der Waals surface area contributed by atoms with Crippen LogP contribution in [0.1, 0.15) is 0 Å². The van der Waals surface area contributed by atoms with Crippen LogP contribution in [0, 0.1) is 5.82 Å². The van der Waals surface area contributed by atoms with E-state index in [1.165, 1.54) is 12.1 Å². The zero-order valence-electron chi connectivity index (χ0n) is 13.0. The number of hydrogen-bond donors (Lipinski definition) is 2. The smallest absolute Gasteiger partial charge is 0.225 e. The number of halogens is 1. The van der Waals surface area contributed by atoms with Crippen molar-refractivity contribution >= 4 is 17.5 Å². The van der Waals surface area contributed by atoms with Gasteiger partial charge in [-0.2, -0.15) is 4.98 Å². The molecule has 0 saturated heterocycles. The van der Waals surface area contributed by atoms with E-state index in [4.69, 9.17) is 0 Å². The first kappa shape index (κ1) is 15.7. The number of nitrogens with zero attached hydrogens (tertiary/aromatic N) is 2. The Balaban J connectivity index is 1.94. The monoisotopic (exact) mass is 320 g/mol. The van der Waals surface area contributed by atoms with Crippen molar-refractivity contribution in [1.82, 2.24) is 9.97 Å². The van der Waals surface area contributed by atoms with E-state index in [0.717, 1.165) is 16.9 Å². The van der Waals surface area contributed by atoms with E-state index in [-0.39, 0.29) is 5.82 Å². The van der Waals surface area contributed by atoms with Crippen LogP contribution >= 0.6 is 0 Å². The van der Waals surface area contributed by atoms with Crippen molar-refractivity contribution in [3.63, 3.8) is 0 Å². The molecule has 2 aromatic carbocycles. The Morgan fingerprint density at radius 2 is 1.75 bits per heavy atom. The molecule has 0 unspecified atom stereocenters. The van der Waals surface area contributed by atoms with Crippen molar-refractivity contribution in [3.8, 4) is 11.3 Å². The fraction of sp³-hybridized carbons (Fsp3) is 0.0526. The Morgan fingerprint density at radius 3 is 2.46 bits per heavy atom. The molecule has 120 valence electrons. The molecule has 0 fully saturated rings. The fourth-order valence-corrected chi connectivity index (χ4v) is 2.19. The van der Waals surface area contributed by atoms with Crippen LogP contribution in [-0.4, -0.2) is 16.5 Å². The molecule has 0 amide bonds. The normalized spacial score (nSPS) is 10.2. The molecule has 0 bridgehead atoms.